The van der Waals surface area contributed by atoms with Crippen LogP contribution in [0.2, 0.25) is 0 Å². The summed E-state index contributed by atoms with van der Waals surface area (Å²) in [5, 5.41) is 6.56. The maximum absolute atomic E-state index is 11.6. The van der Waals surface area contributed by atoms with Crippen LogP contribution in [-0.2, 0) is 0 Å². The zero-order valence-corrected chi connectivity index (χ0v) is 9.61. The highest BCUT2D eigenvalue weighted by Gasteiger charge is 2.17. The molecule has 1 heterocycles. The molecule has 2 N–H and O–H groups in total. The number of rotatable bonds is 1. The Labute approximate surface area is 94.3 Å². The second-order valence-corrected chi connectivity index (χ2v) is 5.05. The molecule has 0 bridgehead atoms. The molecule has 0 radical (unpaired) electrons. The summed E-state index contributed by atoms with van der Waals surface area (Å²) in [5.74, 6) is 0.985. The van der Waals surface area contributed by atoms with E-state index in [9.17, 15) is 4.79 Å². The van der Waals surface area contributed by atoms with Crippen LogP contribution in [-0.4, -0.2) is 29.5 Å². The van der Waals surface area contributed by atoms with Gasteiger partial charge in [-0.25, -0.2) is 4.79 Å². The van der Waals surface area contributed by atoms with Crippen LogP contribution in [0.4, 0.5) is 4.79 Å². The number of nitrogens with one attached hydrogen (secondary N) is 2. The van der Waals surface area contributed by atoms with Gasteiger partial charge in [-0.3, -0.25) is 10.3 Å². The van der Waals surface area contributed by atoms with Gasteiger partial charge in [0.2, 0.25) is 0 Å². The second kappa shape index (κ2) is 5.39. The van der Waals surface area contributed by atoms with Crippen LogP contribution >= 0.6 is 11.8 Å². The van der Waals surface area contributed by atoms with Gasteiger partial charge in [0.15, 0.2) is 5.17 Å². The molecule has 4 nitrogen and oxygen atoms in total. The zero-order chi connectivity index (χ0) is 10.5. The third-order valence-electron chi connectivity index (χ3n) is 2.75. The van der Waals surface area contributed by atoms with Gasteiger partial charge in [-0.05, 0) is 12.8 Å². The van der Waals surface area contributed by atoms with Crippen molar-refractivity contribution < 1.29 is 4.79 Å². The maximum Gasteiger partial charge on any atom is 0.321 e. The van der Waals surface area contributed by atoms with E-state index < -0.39 is 0 Å². The zero-order valence-electron chi connectivity index (χ0n) is 8.79. The van der Waals surface area contributed by atoms with Crippen LogP contribution in [0.1, 0.15) is 32.1 Å². The fourth-order valence-electron chi connectivity index (χ4n) is 1.98. The summed E-state index contributed by atoms with van der Waals surface area (Å²) in [6, 6.07) is 0.279. The summed E-state index contributed by atoms with van der Waals surface area (Å²) >= 11 is 1.61. The molecule has 1 aliphatic carbocycles. The average molecular weight is 227 g/mol. The van der Waals surface area contributed by atoms with Crippen molar-refractivity contribution in [1.82, 2.24) is 10.6 Å². The van der Waals surface area contributed by atoms with Crippen molar-refractivity contribution in [2.75, 3.05) is 12.3 Å². The summed E-state index contributed by atoms with van der Waals surface area (Å²) in [7, 11) is 0. The normalized spacial score (nSPS) is 22.3. The number of urea groups is 1. The molecule has 0 aromatic rings. The van der Waals surface area contributed by atoms with Crippen LogP contribution in [0.15, 0.2) is 4.99 Å². The number of hydrogen-bond acceptors (Lipinski definition) is 3. The third kappa shape index (κ3) is 3.41. The number of hydrogen-bond donors (Lipinski definition) is 2. The van der Waals surface area contributed by atoms with E-state index in [1.165, 1.54) is 19.3 Å². The summed E-state index contributed by atoms with van der Waals surface area (Å²) in [6.45, 7) is 0.823. The van der Waals surface area contributed by atoms with Crippen molar-refractivity contribution in [3.05, 3.63) is 0 Å². The summed E-state index contributed by atoms with van der Waals surface area (Å²) in [5.41, 5.74) is 0. The summed E-state index contributed by atoms with van der Waals surface area (Å²) in [4.78, 5) is 15.7. The van der Waals surface area contributed by atoms with Gasteiger partial charge in [0, 0.05) is 11.8 Å². The molecule has 2 amide bonds. The van der Waals surface area contributed by atoms with Gasteiger partial charge in [-0.1, -0.05) is 31.0 Å². The first-order valence-electron chi connectivity index (χ1n) is 5.59. The molecule has 84 valence electrons. The standard InChI is InChI=1S/C10H17N3OS/c14-9(13-10-11-6-7-15-10)12-8-4-2-1-3-5-8/h8H,1-7H2,(H2,11,12,13,14). The fraction of sp³-hybridized carbons (Fsp3) is 0.800. The first-order valence-corrected chi connectivity index (χ1v) is 6.58. The van der Waals surface area contributed by atoms with E-state index in [2.05, 4.69) is 15.6 Å². The van der Waals surface area contributed by atoms with E-state index in [1.54, 1.807) is 11.8 Å². The number of nitrogens with zero attached hydrogens (tertiary/aromatic N) is 1. The van der Waals surface area contributed by atoms with Crippen LogP contribution in [0, 0.1) is 0 Å². The van der Waals surface area contributed by atoms with E-state index in [0.29, 0.717) is 6.04 Å². The van der Waals surface area contributed by atoms with Crippen LogP contribution in [0.3, 0.4) is 0 Å². The third-order valence-corrected chi connectivity index (χ3v) is 3.64. The van der Waals surface area contributed by atoms with Crippen LogP contribution < -0.4 is 10.6 Å². The molecule has 0 atom stereocenters. The minimum atomic E-state index is -0.0879. The topological polar surface area (TPSA) is 53.5 Å². The Hall–Kier alpha value is -0.710. The minimum Gasteiger partial charge on any atom is -0.335 e. The second-order valence-electron chi connectivity index (χ2n) is 3.97. The number of amides is 2. The number of thioether (sulfide) groups is 1. The van der Waals surface area contributed by atoms with Gasteiger partial charge in [0.05, 0.1) is 6.54 Å². The molecule has 1 fully saturated rings. The molecule has 0 aromatic carbocycles. The molecule has 0 spiro atoms. The van der Waals surface area contributed by atoms with Crippen molar-refractivity contribution in [3.8, 4) is 0 Å². The molecule has 2 aliphatic rings. The highest BCUT2D eigenvalue weighted by atomic mass is 32.2. The lowest BCUT2D eigenvalue weighted by Crippen LogP contribution is -2.44. The number of aliphatic imine (C=N–C) groups is 1. The van der Waals surface area contributed by atoms with Crippen molar-refractivity contribution >= 4 is 23.0 Å². The molecule has 0 saturated heterocycles. The molecule has 15 heavy (non-hydrogen) atoms. The van der Waals surface area contributed by atoms with Crippen molar-refractivity contribution in [2.24, 2.45) is 4.99 Å². The lowest BCUT2D eigenvalue weighted by Gasteiger charge is -2.22. The van der Waals surface area contributed by atoms with Crippen molar-refractivity contribution in [3.63, 3.8) is 0 Å². The molecule has 1 aliphatic heterocycles. The number of carbonyl (C=O) groups is 1. The van der Waals surface area contributed by atoms with Crippen LogP contribution in [0.5, 0.6) is 0 Å². The van der Waals surface area contributed by atoms with E-state index in [0.717, 1.165) is 30.3 Å². The van der Waals surface area contributed by atoms with E-state index in [1.807, 2.05) is 0 Å². The lowest BCUT2D eigenvalue weighted by molar-refractivity contribution is 0.237. The average Bonchev–Trinajstić information content (AvgIpc) is 2.71. The van der Waals surface area contributed by atoms with Gasteiger partial charge < -0.3 is 5.32 Å². The largest absolute Gasteiger partial charge is 0.335 e. The first kappa shape index (κ1) is 10.8. The Morgan fingerprint density at radius 3 is 2.80 bits per heavy atom. The SMILES string of the molecule is O=C(NC1=NCCS1)NC1CCCCC1. The molecule has 0 unspecified atom stereocenters. The van der Waals surface area contributed by atoms with Gasteiger partial charge in [0.25, 0.3) is 0 Å². The minimum absolute atomic E-state index is 0.0879. The van der Waals surface area contributed by atoms with Crippen LogP contribution in [0.25, 0.3) is 0 Å². The monoisotopic (exact) mass is 227 g/mol. The van der Waals surface area contributed by atoms with E-state index in [4.69, 9.17) is 0 Å². The summed E-state index contributed by atoms with van der Waals surface area (Å²) < 4.78 is 0. The summed E-state index contributed by atoms with van der Waals surface area (Å²) in [6.07, 6.45) is 6.02. The number of carbonyl (C=O) groups excluding carboxylic acids is 1. The Morgan fingerprint density at radius 2 is 2.13 bits per heavy atom. The molecule has 2 rings (SSSR count). The predicted molar refractivity (Wildman–Crippen MR) is 63.3 cm³/mol. The van der Waals surface area contributed by atoms with Gasteiger partial charge in [0.1, 0.15) is 0 Å². The molecular weight excluding hydrogens is 210 g/mol. The van der Waals surface area contributed by atoms with Gasteiger partial charge >= 0.3 is 6.03 Å². The highest BCUT2D eigenvalue weighted by Crippen LogP contribution is 2.17. The molecule has 5 heteroatoms. The lowest BCUT2D eigenvalue weighted by atomic mass is 9.96. The Kier molecular flexibility index (Phi) is 3.88. The maximum atomic E-state index is 11.6. The van der Waals surface area contributed by atoms with E-state index in [-0.39, 0.29) is 6.03 Å². The fourth-order valence-corrected chi connectivity index (χ4v) is 2.70. The van der Waals surface area contributed by atoms with Crippen molar-refractivity contribution in [2.45, 2.75) is 38.1 Å². The molecular formula is C10H17N3OS. The Bertz CT molecular complexity index is 261. The Morgan fingerprint density at radius 1 is 1.33 bits per heavy atom. The first-order chi connectivity index (χ1) is 7.34. The van der Waals surface area contributed by atoms with Gasteiger partial charge in [-0.2, -0.15) is 0 Å². The molecule has 0 aromatic heterocycles. The van der Waals surface area contributed by atoms with Gasteiger partial charge in [-0.15, -0.1) is 0 Å². The number of amidine groups is 1. The highest BCUT2D eigenvalue weighted by molar-refractivity contribution is 8.14. The quantitative estimate of drug-likeness (QED) is 0.716. The smallest absolute Gasteiger partial charge is 0.321 e. The predicted octanol–water partition coefficient (Wildman–Crippen LogP) is 1.72. The van der Waals surface area contributed by atoms with Crippen molar-refractivity contribution in [1.29, 1.82) is 0 Å². The molecule has 1 saturated carbocycles. The Balaban J connectivity index is 1.71. The van der Waals surface area contributed by atoms with E-state index >= 15 is 0 Å².